The molecule has 4 N–H and O–H groups in total. The van der Waals surface area contributed by atoms with Crippen LogP contribution in [0.3, 0.4) is 0 Å². The number of anilines is 2. The standard InChI is InChI=1S/C10H14N4/c1-7-2-3-8(6-9(7)11)14-10-12-4-5-13-10/h2-3,6H,4-5,11H2,1H3,(H2,12,13,14). The molecule has 0 unspecified atom stereocenters. The van der Waals surface area contributed by atoms with Crippen molar-refractivity contribution in [3.05, 3.63) is 23.8 Å². The number of guanidine groups is 1. The van der Waals surface area contributed by atoms with Gasteiger partial charge in [-0.15, -0.1) is 0 Å². The van der Waals surface area contributed by atoms with E-state index >= 15 is 0 Å². The Balaban J connectivity index is 2.13. The van der Waals surface area contributed by atoms with Gasteiger partial charge >= 0.3 is 0 Å². The number of aliphatic imine (C=N–C) groups is 1. The zero-order valence-electron chi connectivity index (χ0n) is 8.17. The Kier molecular flexibility index (Phi) is 2.26. The summed E-state index contributed by atoms with van der Waals surface area (Å²) in [6.07, 6.45) is 0. The van der Waals surface area contributed by atoms with Crippen LogP contribution in [0.15, 0.2) is 23.2 Å². The Labute approximate surface area is 83.2 Å². The topological polar surface area (TPSA) is 62.4 Å². The minimum absolute atomic E-state index is 0.800. The summed E-state index contributed by atoms with van der Waals surface area (Å²) in [5.74, 6) is 0.827. The smallest absolute Gasteiger partial charge is 0.195 e. The van der Waals surface area contributed by atoms with E-state index in [1.165, 1.54) is 0 Å². The van der Waals surface area contributed by atoms with Gasteiger partial charge in [-0.1, -0.05) is 6.07 Å². The minimum atomic E-state index is 0.800. The fourth-order valence-electron chi connectivity index (χ4n) is 1.34. The lowest BCUT2D eigenvalue weighted by Crippen LogP contribution is -2.26. The highest BCUT2D eigenvalue weighted by Gasteiger charge is 2.04. The lowest BCUT2D eigenvalue weighted by molar-refractivity contribution is 0.959. The van der Waals surface area contributed by atoms with E-state index in [2.05, 4.69) is 15.6 Å². The molecule has 0 saturated heterocycles. The van der Waals surface area contributed by atoms with Gasteiger partial charge in [0, 0.05) is 17.9 Å². The van der Waals surface area contributed by atoms with E-state index < -0.39 is 0 Å². The first-order valence-corrected chi connectivity index (χ1v) is 4.67. The van der Waals surface area contributed by atoms with Crippen LogP contribution in [0, 0.1) is 6.92 Å². The first-order valence-electron chi connectivity index (χ1n) is 4.67. The van der Waals surface area contributed by atoms with Crippen molar-refractivity contribution >= 4 is 17.3 Å². The van der Waals surface area contributed by atoms with E-state index in [-0.39, 0.29) is 0 Å². The number of hydrogen-bond acceptors (Lipinski definition) is 4. The van der Waals surface area contributed by atoms with Crippen molar-refractivity contribution in [2.75, 3.05) is 24.1 Å². The van der Waals surface area contributed by atoms with Crippen molar-refractivity contribution < 1.29 is 0 Å². The molecule has 0 aromatic heterocycles. The molecular formula is C10H14N4. The molecule has 1 aromatic carbocycles. The molecule has 1 aliphatic heterocycles. The normalized spacial score (nSPS) is 14.8. The number of hydrogen-bond donors (Lipinski definition) is 3. The predicted molar refractivity (Wildman–Crippen MR) is 59.5 cm³/mol. The lowest BCUT2D eigenvalue weighted by Gasteiger charge is -2.08. The highest BCUT2D eigenvalue weighted by molar-refractivity contribution is 5.95. The number of rotatable bonds is 1. The largest absolute Gasteiger partial charge is 0.398 e. The van der Waals surface area contributed by atoms with Crippen LogP contribution in [0.4, 0.5) is 11.4 Å². The molecule has 0 fully saturated rings. The van der Waals surface area contributed by atoms with Crippen LogP contribution in [0.1, 0.15) is 5.56 Å². The van der Waals surface area contributed by atoms with E-state index in [1.807, 2.05) is 25.1 Å². The van der Waals surface area contributed by atoms with Gasteiger partial charge in [-0.25, -0.2) is 0 Å². The molecule has 14 heavy (non-hydrogen) atoms. The van der Waals surface area contributed by atoms with E-state index in [1.54, 1.807) is 0 Å². The number of nitrogens with two attached hydrogens (primary N) is 1. The maximum absolute atomic E-state index is 5.79. The fraction of sp³-hybridized carbons (Fsp3) is 0.300. The summed E-state index contributed by atoms with van der Waals surface area (Å²) in [6.45, 7) is 3.73. The second-order valence-corrected chi connectivity index (χ2v) is 3.35. The van der Waals surface area contributed by atoms with Crippen molar-refractivity contribution in [3.63, 3.8) is 0 Å². The third kappa shape index (κ3) is 1.79. The third-order valence-corrected chi connectivity index (χ3v) is 2.22. The van der Waals surface area contributed by atoms with Gasteiger partial charge in [0.15, 0.2) is 5.96 Å². The summed E-state index contributed by atoms with van der Waals surface area (Å²) >= 11 is 0. The molecule has 0 radical (unpaired) electrons. The summed E-state index contributed by atoms with van der Waals surface area (Å²) < 4.78 is 0. The molecule has 0 amide bonds. The number of nitrogen functional groups attached to an aromatic ring is 1. The Bertz CT molecular complexity index is 370. The van der Waals surface area contributed by atoms with Crippen LogP contribution in [0.5, 0.6) is 0 Å². The Morgan fingerprint density at radius 2 is 2.36 bits per heavy atom. The summed E-state index contributed by atoms with van der Waals surface area (Å²) in [7, 11) is 0. The van der Waals surface area contributed by atoms with Crippen LogP contribution in [0.25, 0.3) is 0 Å². The summed E-state index contributed by atoms with van der Waals surface area (Å²) in [5, 5.41) is 6.30. The quantitative estimate of drug-likeness (QED) is 0.578. The van der Waals surface area contributed by atoms with Gasteiger partial charge in [0.05, 0.1) is 6.54 Å². The minimum Gasteiger partial charge on any atom is -0.398 e. The zero-order valence-corrected chi connectivity index (χ0v) is 8.17. The van der Waals surface area contributed by atoms with Gasteiger partial charge in [0.1, 0.15) is 0 Å². The van der Waals surface area contributed by atoms with Gasteiger partial charge in [-0.05, 0) is 24.6 Å². The second kappa shape index (κ2) is 3.57. The second-order valence-electron chi connectivity index (χ2n) is 3.35. The fourth-order valence-corrected chi connectivity index (χ4v) is 1.34. The highest BCUT2D eigenvalue weighted by atomic mass is 15.2. The SMILES string of the molecule is Cc1ccc(NC2=NCCN2)cc1N. The van der Waals surface area contributed by atoms with Crippen LogP contribution >= 0.6 is 0 Å². The summed E-state index contributed by atoms with van der Waals surface area (Å²) in [6, 6.07) is 5.90. The van der Waals surface area contributed by atoms with Crippen LogP contribution in [-0.4, -0.2) is 19.0 Å². The van der Waals surface area contributed by atoms with Gasteiger partial charge in [-0.3, -0.25) is 4.99 Å². The monoisotopic (exact) mass is 190 g/mol. The summed E-state index contributed by atoms with van der Waals surface area (Å²) in [4.78, 5) is 4.24. The lowest BCUT2D eigenvalue weighted by atomic mass is 10.2. The van der Waals surface area contributed by atoms with E-state index in [4.69, 9.17) is 5.73 Å². The molecule has 74 valence electrons. The molecule has 0 bridgehead atoms. The predicted octanol–water partition coefficient (Wildman–Crippen LogP) is 0.948. The molecule has 0 aliphatic carbocycles. The number of benzene rings is 1. The zero-order chi connectivity index (χ0) is 9.97. The molecule has 0 atom stereocenters. The average Bonchev–Trinajstić information content (AvgIpc) is 2.64. The number of aryl methyl sites for hydroxylation is 1. The maximum Gasteiger partial charge on any atom is 0.195 e. The van der Waals surface area contributed by atoms with E-state index in [0.717, 1.165) is 36.0 Å². The number of nitrogens with one attached hydrogen (secondary N) is 2. The van der Waals surface area contributed by atoms with Crippen molar-refractivity contribution in [1.29, 1.82) is 0 Å². The van der Waals surface area contributed by atoms with Crippen molar-refractivity contribution in [3.8, 4) is 0 Å². The maximum atomic E-state index is 5.79. The molecule has 4 nitrogen and oxygen atoms in total. The molecule has 2 rings (SSSR count). The van der Waals surface area contributed by atoms with Gasteiger partial charge in [-0.2, -0.15) is 0 Å². The van der Waals surface area contributed by atoms with Crippen molar-refractivity contribution in [2.45, 2.75) is 6.92 Å². The molecular weight excluding hydrogens is 176 g/mol. The first kappa shape index (κ1) is 8.87. The van der Waals surface area contributed by atoms with Gasteiger partial charge < -0.3 is 16.4 Å². The van der Waals surface area contributed by atoms with Crippen molar-refractivity contribution in [2.24, 2.45) is 4.99 Å². The average molecular weight is 190 g/mol. The first-order chi connectivity index (χ1) is 6.75. The molecule has 0 spiro atoms. The van der Waals surface area contributed by atoms with Crippen LogP contribution in [-0.2, 0) is 0 Å². The van der Waals surface area contributed by atoms with Crippen LogP contribution in [0.2, 0.25) is 0 Å². The third-order valence-electron chi connectivity index (χ3n) is 2.22. The molecule has 1 heterocycles. The Morgan fingerprint density at radius 1 is 1.50 bits per heavy atom. The number of nitrogens with zero attached hydrogens (tertiary/aromatic N) is 1. The summed E-state index contributed by atoms with van der Waals surface area (Å²) in [5.41, 5.74) is 8.66. The van der Waals surface area contributed by atoms with Gasteiger partial charge in [0.25, 0.3) is 0 Å². The molecule has 1 aliphatic rings. The van der Waals surface area contributed by atoms with E-state index in [9.17, 15) is 0 Å². The Morgan fingerprint density at radius 3 is 3.00 bits per heavy atom. The van der Waals surface area contributed by atoms with E-state index in [0.29, 0.717) is 0 Å². The molecule has 4 heteroatoms. The van der Waals surface area contributed by atoms with Crippen LogP contribution < -0.4 is 16.4 Å². The molecule has 0 saturated carbocycles. The Hall–Kier alpha value is -1.71. The molecule has 1 aromatic rings. The van der Waals surface area contributed by atoms with Gasteiger partial charge in [0.2, 0.25) is 0 Å². The highest BCUT2D eigenvalue weighted by Crippen LogP contribution is 2.16. The van der Waals surface area contributed by atoms with Crippen molar-refractivity contribution in [1.82, 2.24) is 5.32 Å².